The van der Waals surface area contributed by atoms with Crippen LogP contribution in [0.5, 0.6) is 0 Å². The van der Waals surface area contributed by atoms with Crippen LogP contribution in [0.2, 0.25) is 0 Å². The summed E-state index contributed by atoms with van der Waals surface area (Å²) >= 11 is 1.85. The van der Waals surface area contributed by atoms with Crippen molar-refractivity contribution >= 4 is 47.8 Å². The number of nitrogens with zero attached hydrogens (tertiary/aromatic N) is 2. The standard InChI is InChI=1S/C20H40N4O3S.HI/c1-19(2,3)27-18(25)22-11-8-14-26-16-9-12-24(13-10-16)17(21-6)23-15-20(4,5)28-7;/h16H,8-15H2,1-7H3,(H,21,23)(H,22,25);1H. The Morgan fingerprint density at radius 1 is 1.17 bits per heavy atom. The highest BCUT2D eigenvalue weighted by Gasteiger charge is 2.23. The highest BCUT2D eigenvalue weighted by atomic mass is 127. The predicted molar refractivity (Wildman–Crippen MR) is 134 cm³/mol. The second-order valence-electron chi connectivity index (χ2n) is 8.70. The first kappa shape index (κ1) is 28.6. The molecule has 1 saturated heterocycles. The number of carbonyl (C=O) groups is 1. The Balaban J connectivity index is 0.00000784. The van der Waals surface area contributed by atoms with Crippen molar-refractivity contribution < 1.29 is 14.3 Å². The SMILES string of the molecule is CN=C(NCC(C)(C)SC)N1CCC(OCCCNC(=O)OC(C)(C)C)CC1.I. The van der Waals surface area contributed by atoms with Gasteiger partial charge >= 0.3 is 6.09 Å². The number of ether oxygens (including phenoxy) is 2. The highest BCUT2D eigenvalue weighted by Crippen LogP contribution is 2.20. The molecule has 0 aromatic heterocycles. The lowest BCUT2D eigenvalue weighted by Crippen LogP contribution is -2.49. The van der Waals surface area contributed by atoms with Crippen LogP contribution < -0.4 is 10.6 Å². The molecule has 0 atom stereocenters. The number of carbonyl (C=O) groups excluding carboxylic acids is 1. The van der Waals surface area contributed by atoms with E-state index in [0.717, 1.165) is 44.9 Å². The molecule has 0 radical (unpaired) electrons. The number of nitrogens with one attached hydrogen (secondary N) is 2. The summed E-state index contributed by atoms with van der Waals surface area (Å²) in [6.45, 7) is 14.0. The Labute approximate surface area is 198 Å². The molecular formula is C20H41IN4O3S. The Morgan fingerprint density at radius 3 is 2.31 bits per heavy atom. The summed E-state index contributed by atoms with van der Waals surface area (Å²) in [5.41, 5.74) is -0.463. The van der Waals surface area contributed by atoms with Crippen LogP contribution in [-0.2, 0) is 9.47 Å². The maximum Gasteiger partial charge on any atom is 0.407 e. The van der Waals surface area contributed by atoms with Crippen LogP contribution in [0.3, 0.4) is 0 Å². The number of hydrogen-bond donors (Lipinski definition) is 2. The third-order valence-corrected chi connectivity index (χ3v) is 5.77. The molecule has 1 amide bonds. The first-order valence-corrected chi connectivity index (χ1v) is 11.4. The smallest absolute Gasteiger partial charge is 0.407 e. The van der Waals surface area contributed by atoms with Crippen molar-refractivity contribution in [1.82, 2.24) is 15.5 Å². The summed E-state index contributed by atoms with van der Waals surface area (Å²) in [6.07, 6.45) is 4.81. The monoisotopic (exact) mass is 544 g/mol. The second kappa shape index (κ2) is 13.8. The van der Waals surface area contributed by atoms with Gasteiger partial charge in [0.1, 0.15) is 5.60 Å². The maximum absolute atomic E-state index is 11.6. The molecule has 172 valence electrons. The van der Waals surface area contributed by atoms with Gasteiger partial charge in [0.05, 0.1) is 6.10 Å². The number of hydrogen-bond acceptors (Lipinski definition) is 5. The molecule has 9 heteroatoms. The summed E-state index contributed by atoms with van der Waals surface area (Å²) in [6, 6.07) is 0. The number of guanidine groups is 1. The number of piperidine rings is 1. The third-order valence-electron chi connectivity index (χ3n) is 4.52. The van der Waals surface area contributed by atoms with E-state index < -0.39 is 5.60 Å². The van der Waals surface area contributed by atoms with E-state index in [2.05, 4.69) is 40.6 Å². The normalized spacial score (nSPS) is 16.2. The van der Waals surface area contributed by atoms with Crippen LogP contribution in [0, 0.1) is 0 Å². The van der Waals surface area contributed by atoms with Crippen LogP contribution >= 0.6 is 35.7 Å². The summed E-state index contributed by atoms with van der Waals surface area (Å²) in [7, 11) is 1.84. The molecule has 0 unspecified atom stereocenters. The number of alkyl carbamates (subject to hydrolysis) is 1. The number of amides is 1. The van der Waals surface area contributed by atoms with E-state index in [1.807, 2.05) is 39.6 Å². The summed E-state index contributed by atoms with van der Waals surface area (Å²) in [5.74, 6) is 0.974. The van der Waals surface area contributed by atoms with Crippen LogP contribution in [0.15, 0.2) is 4.99 Å². The fraction of sp³-hybridized carbons (Fsp3) is 0.900. The number of rotatable bonds is 8. The van der Waals surface area contributed by atoms with Crippen molar-refractivity contribution in [1.29, 1.82) is 0 Å². The van der Waals surface area contributed by atoms with E-state index >= 15 is 0 Å². The van der Waals surface area contributed by atoms with Gasteiger partial charge in [0.15, 0.2) is 5.96 Å². The third kappa shape index (κ3) is 12.8. The minimum absolute atomic E-state index is 0. The predicted octanol–water partition coefficient (Wildman–Crippen LogP) is 3.72. The lowest BCUT2D eigenvalue weighted by Gasteiger charge is -2.35. The zero-order chi connectivity index (χ0) is 21.2. The number of thioether (sulfide) groups is 1. The quantitative estimate of drug-likeness (QED) is 0.210. The van der Waals surface area contributed by atoms with Gasteiger partial charge in [-0.3, -0.25) is 4.99 Å². The van der Waals surface area contributed by atoms with Gasteiger partial charge in [-0.25, -0.2) is 4.79 Å². The van der Waals surface area contributed by atoms with E-state index in [-0.39, 0.29) is 40.9 Å². The topological polar surface area (TPSA) is 75.2 Å². The fourth-order valence-corrected chi connectivity index (χ4v) is 2.97. The molecule has 2 N–H and O–H groups in total. The van der Waals surface area contributed by atoms with Crippen LogP contribution in [0.4, 0.5) is 4.79 Å². The van der Waals surface area contributed by atoms with Crippen molar-refractivity contribution in [3.63, 3.8) is 0 Å². The minimum Gasteiger partial charge on any atom is -0.444 e. The number of likely N-dealkylation sites (tertiary alicyclic amines) is 1. The van der Waals surface area contributed by atoms with Gasteiger partial charge < -0.3 is 25.0 Å². The van der Waals surface area contributed by atoms with E-state index in [1.165, 1.54) is 0 Å². The van der Waals surface area contributed by atoms with Crippen LogP contribution in [-0.4, -0.2) is 79.5 Å². The molecule has 0 aromatic carbocycles. The maximum atomic E-state index is 11.6. The molecule has 1 aliphatic rings. The van der Waals surface area contributed by atoms with Crippen molar-refractivity contribution in [2.45, 2.75) is 70.3 Å². The van der Waals surface area contributed by atoms with Crippen molar-refractivity contribution in [2.24, 2.45) is 4.99 Å². The van der Waals surface area contributed by atoms with Gasteiger partial charge in [-0.2, -0.15) is 11.8 Å². The lowest BCUT2D eigenvalue weighted by atomic mass is 10.1. The van der Waals surface area contributed by atoms with Crippen molar-refractivity contribution in [2.75, 3.05) is 46.1 Å². The molecule has 1 fully saturated rings. The Hall–Kier alpha value is -0.420. The van der Waals surface area contributed by atoms with E-state index in [1.54, 1.807) is 0 Å². The van der Waals surface area contributed by atoms with Gasteiger partial charge in [-0.15, -0.1) is 24.0 Å². The summed E-state index contributed by atoms with van der Waals surface area (Å²) in [4.78, 5) is 18.3. The van der Waals surface area contributed by atoms with Gasteiger partial charge in [0.2, 0.25) is 0 Å². The average Bonchev–Trinajstić information content (AvgIpc) is 2.61. The highest BCUT2D eigenvalue weighted by molar-refractivity contribution is 14.0. The van der Waals surface area contributed by atoms with Gasteiger partial charge in [0.25, 0.3) is 0 Å². The zero-order valence-corrected chi connectivity index (χ0v) is 22.3. The molecule has 1 rings (SSSR count). The summed E-state index contributed by atoms with van der Waals surface area (Å²) < 4.78 is 11.4. The van der Waals surface area contributed by atoms with E-state index in [0.29, 0.717) is 13.2 Å². The Bertz CT molecular complexity index is 504. The van der Waals surface area contributed by atoms with Gasteiger partial charge in [-0.05, 0) is 60.1 Å². The van der Waals surface area contributed by atoms with Crippen LogP contribution in [0.1, 0.15) is 53.9 Å². The molecule has 0 bridgehead atoms. The first-order valence-electron chi connectivity index (χ1n) is 10.2. The number of aliphatic imine (C=N–C) groups is 1. The fourth-order valence-electron chi connectivity index (χ4n) is 2.76. The molecule has 0 saturated carbocycles. The van der Waals surface area contributed by atoms with E-state index in [9.17, 15) is 4.79 Å². The molecule has 0 spiro atoms. The Morgan fingerprint density at radius 2 is 1.79 bits per heavy atom. The molecule has 0 aliphatic carbocycles. The minimum atomic E-state index is -0.463. The van der Waals surface area contributed by atoms with Crippen molar-refractivity contribution in [3.05, 3.63) is 0 Å². The zero-order valence-electron chi connectivity index (χ0n) is 19.2. The van der Waals surface area contributed by atoms with Gasteiger partial charge in [-0.1, -0.05) is 0 Å². The van der Waals surface area contributed by atoms with Crippen molar-refractivity contribution in [3.8, 4) is 0 Å². The lowest BCUT2D eigenvalue weighted by molar-refractivity contribution is 0.0170. The second-order valence-corrected chi connectivity index (χ2v) is 10.2. The molecule has 7 nitrogen and oxygen atoms in total. The first-order chi connectivity index (χ1) is 13.1. The largest absolute Gasteiger partial charge is 0.444 e. The van der Waals surface area contributed by atoms with Crippen LogP contribution in [0.25, 0.3) is 0 Å². The molecule has 0 aromatic rings. The van der Waals surface area contributed by atoms with E-state index in [4.69, 9.17) is 9.47 Å². The summed E-state index contributed by atoms with van der Waals surface area (Å²) in [5, 5.41) is 6.26. The van der Waals surface area contributed by atoms with Gasteiger partial charge in [0, 0.05) is 44.6 Å². The molecule has 1 aliphatic heterocycles. The molecule has 1 heterocycles. The molecular weight excluding hydrogens is 503 g/mol. The Kier molecular flexibility index (Phi) is 13.6. The average molecular weight is 545 g/mol. The number of halogens is 1. The molecule has 29 heavy (non-hydrogen) atoms.